The van der Waals surface area contributed by atoms with Crippen LogP contribution < -0.4 is 0 Å². The van der Waals surface area contributed by atoms with E-state index >= 15 is 0 Å². The molecule has 1 unspecified atom stereocenters. The molecule has 0 aromatic rings. The number of hydrogen-bond acceptors (Lipinski definition) is 4. The second-order valence-corrected chi connectivity index (χ2v) is 6.86. The van der Waals surface area contributed by atoms with Gasteiger partial charge in [-0.05, 0) is 13.3 Å². The van der Waals surface area contributed by atoms with Crippen molar-refractivity contribution in [1.29, 1.82) is 0 Å². The van der Waals surface area contributed by atoms with Gasteiger partial charge >= 0.3 is 0 Å². The summed E-state index contributed by atoms with van der Waals surface area (Å²) in [7, 11) is -3.35. The minimum absolute atomic E-state index is 0.138. The standard InChI is InChI=1S/C11H19NO4S/c1-3-9(2)17(15,16)8-11(14)12-6-4-10(13)5-7-12/h9H,3-8H2,1-2H3. The lowest BCUT2D eigenvalue weighted by molar-refractivity contribution is -0.132. The van der Waals surface area contributed by atoms with Gasteiger partial charge < -0.3 is 4.90 Å². The van der Waals surface area contributed by atoms with E-state index in [-0.39, 0.29) is 11.7 Å². The monoisotopic (exact) mass is 261 g/mol. The van der Waals surface area contributed by atoms with Crippen LogP contribution in [0.4, 0.5) is 0 Å². The van der Waals surface area contributed by atoms with Crippen molar-refractivity contribution in [2.75, 3.05) is 18.8 Å². The second kappa shape index (κ2) is 5.62. The van der Waals surface area contributed by atoms with Gasteiger partial charge in [0.2, 0.25) is 5.91 Å². The zero-order valence-corrected chi connectivity index (χ0v) is 11.1. The molecule has 1 saturated heterocycles. The largest absolute Gasteiger partial charge is 0.341 e. The second-order valence-electron chi connectivity index (χ2n) is 4.45. The molecule has 1 amide bonds. The van der Waals surface area contributed by atoms with Gasteiger partial charge in [-0.25, -0.2) is 8.42 Å². The van der Waals surface area contributed by atoms with Crippen molar-refractivity contribution in [2.45, 2.75) is 38.4 Å². The lowest BCUT2D eigenvalue weighted by Crippen LogP contribution is -2.42. The van der Waals surface area contributed by atoms with E-state index in [0.717, 1.165) is 0 Å². The molecule has 0 N–H and O–H groups in total. The number of rotatable bonds is 4. The van der Waals surface area contributed by atoms with E-state index in [1.54, 1.807) is 13.8 Å². The van der Waals surface area contributed by atoms with Crippen molar-refractivity contribution in [3.63, 3.8) is 0 Å². The van der Waals surface area contributed by atoms with Crippen LogP contribution in [0.25, 0.3) is 0 Å². The summed E-state index contributed by atoms with van der Waals surface area (Å²) in [5.74, 6) is -0.674. The molecule has 1 fully saturated rings. The summed E-state index contributed by atoms with van der Waals surface area (Å²) < 4.78 is 23.5. The van der Waals surface area contributed by atoms with Crippen LogP contribution in [0, 0.1) is 0 Å². The van der Waals surface area contributed by atoms with Crippen molar-refractivity contribution >= 4 is 21.5 Å². The maximum absolute atomic E-state index is 11.8. The minimum Gasteiger partial charge on any atom is -0.341 e. The molecular weight excluding hydrogens is 242 g/mol. The van der Waals surface area contributed by atoms with Crippen molar-refractivity contribution < 1.29 is 18.0 Å². The first kappa shape index (κ1) is 14.2. The van der Waals surface area contributed by atoms with Gasteiger partial charge in [-0.2, -0.15) is 0 Å². The molecular formula is C11H19NO4S. The van der Waals surface area contributed by atoms with Gasteiger partial charge in [0, 0.05) is 25.9 Å². The Morgan fingerprint density at radius 3 is 2.35 bits per heavy atom. The molecule has 0 aromatic heterocycles. The Hall–Kier alpha value is -0.910. The molecule has 0 aliphatic carbocycles. The zero-order valence-electron chi connectivity index (χ0n) is 10.3. The third kappa shape index (κ3) is 3.80. The van der Waals surface area contributed by atoms with Crippen LogP contribution in [-0.4, -0.2) is 49.1 Å². The molecule has 1 heterocycles. The maximum atomic E-state index is 11.8. The zero-order chi connectivity index (χ0) is 13.1. The highest BCUT2D eigenvalue weighted by Crippen LogP contribution is 2.10. The van der Waals surface area contributed by atoms with Crippen molar-refractivity contribution in [2.24, 2.45) is 0 Å². The molecule has 0 saturated carbocycles. The molecule has 0 aromatic carbocycles. The van der Waals surface area contributed by atoms with Crippen molar-refractivity contribution in [3.05, 3.63) is 0 Å². The van der Waals surface area contributed by atoms with E-state index in [9.17, 15) is 18.0 Å². The Labute approximate surface area is 102 Å². The van der Waals surface area contributed by atoms with Crippen LogP contribution in [0.1, 0.15) is 33.1 Å². The molecule has 0 spiro atoms. The number of likely N-dealkylation sites (tertiary alicyclic amines) is 1. The number of hydrogen-bond donors (Lipinski definition) is 0. The van der Waals surface area contributed by atoms with Crippen LogP contribution in [-0.2, 0) is 19.4 Å². The van der Waals surface area contributed by atoms with Crippen LogP contribution in [0.2, 0.25) is 0 Å². The van der Waals surface area contributed by atoms with E-state index in [4.69, 9.17) is 0 Å². The maximum Gasteiger partial charge on any atom is 0.237 e. The lowest BCUT2D eigenvalue weighted by Gasteiger charge is -2.26. The van der Waals surface area contributed by atoms with Crippen LogP contribution in [0.5, 0.6) is 0 Å². The summed E-state index contributed by atoms with van der Waals surface area (Å²) >= 11 is 0. The molecule has 0 radical (unpaired) electrons. The van der Waals surface area contributed by atoms with E-state index in [1.807, 2.05) is 0 Å². The molecule has 0 bridgehead atoms. The fraction of sp³-hybridized carbons (Fsp3) is 0.818. The van der Waals surface area contributed by atoms with Crippen LogP contribution >= 0.6 is 0 Å². The molecule has 17 heavy (non-hydrogen) atoms. The number of carbonyl (C=O) groups is 2. The van der Waals surface area contributed by atoms with Gasteiger partial charge in [0.15, 0.2) is 9.84 Å². The quantitative estimate of drug-likeness (QED) is 0.734. The highest BCUT2D eigenvalue weighted by atomic mass is 32.2. The summed E-state index contributed by atoms with van der Waals surface area (Å²) in [6, 6.07) is 0. The first-order valence-corrected chi connectivity index (χ1v) is 7.59. The van der Waals surface area contributed by atoms with Gasteiger partial charge in [-0.1, -0.05) is 6.92 Å². The van der Waals surface area contributed by atoms with Gasteiger partial charge in [0.05, 0.1) is 5.25 Å². The van der Waals surface area contributed by atoms with Crippen molar-refractivity contribution in [1.82, 2.24) is 4.90 Å². The Morgan fingerprint density at radius 1 is 1.35 bits per heavy atom. The number of sulfone groups is 1. The molecule has 98 valence electrons. The van der Waals surface area contributed by atoms with Gasteiger partial charge in [0.1, 0.15) is 11.5 Å². The summed E-state index contributed by atoms with van der Waals surface area (Å²) in [4.78, 5) is 24.3. The third-order valence-electron chi connectivity index (χ3n) is 3.19. The highest BCUT2D eigenvalue weighted by Gasteiger charge is 2.27. The summed E-state index contributed by atoms with van der Waals surface area (Å²) in [6.07, 6.45) is 1.19. The molecule has 1 aliphatic heterocycles. The fourth-order valence-corrected chi connectivity index (χ4v) is 2.98. The van der Waals surface area contributed by atoms with E-state index in [1.165, 1.54) is 4.90 Å². The van der Waals surface area contributed by atoms with Gasteiger partial charge in [-0.3, -0.25) is 9.59 Å². The molecule has 1 aliphatic rings. The normalized spacial score (nSPS) is 19.2. The predicted molar refractivity (Wildman–Crippen MR) is 64.4 cm³/mol. The van der Waals surface area contributed by atoms with E-state index < -0.39 is 20.8 Å². The predicted octanol–water partition coefficient (Wildman–Crippen LogP) is 0.391. The first-order chi connectivity index (χ1) is 7.86. The van der Waals surface area contributed by atoms with E-state index in [2.05, 4.69) is 0 Å². The lowest BCUT2D eigenvalue weighted by atomic mass is 10.1. The average Bonchev–Trinajstić information content (AvgIpc) is 2.28. The molecule has 5 nitrogen and oxygen atoms in total. The Balaban J connectivity index is 2.58. The Morgan fingerprint density at radius 2 is 1.88 bits per heavy atom. The van der Waals surface area contributed by atoms with Crippen LogP contribution in [0.3, 0.4) is 0 Å². The molecule has 1 rings (SSSR count). The summed E-state index contributed by atoms with van der Waals surface area (Å²) in [6.45, 7) is 4.11. The number of amides is 1. The SMILES string of the molecule is CCC(C)S(=O)(=O)CC(=O)N1CCC(=O)CC1. The Kier molecular flexibility index (Phi) is 4.68. The number of Topliss-reactive ketones (excluding diaryl/α,β-unsaturated/α-hetero) is 1. The van der Waals surface area contributed by atoms with E-state index in [0.29, 0.717) is 32.4 Å². The summed E-state index contributed by atoms with van der Waals surface area (Å²) in [5.41, 5.74) is 0. The molecule has 6 heteroatoms. The van der Waals surface area contributed by atoms with Crippen molar-refractivity contribution in [3.8, 4) is 0 Å². The topological polar surface area (TPSA) is 71.5 Å². The number of ketones is 1. The Bertz CT molecular complexity index is 392. The average molecular weight is 261 g/mol. The summed E-state index contributed by atoms with van der Waals surface area (Å²) in [5, 5.41) is -0.488. The van der Waals surface area contributed by atoms with Crippen LogP contribution in [0.15, 0.2) is 0 Å². The highest BCUT2D eigenvalue weighted by molar-refractivity contribution is 7.92. The first-order valence-electron chi connectivity index (χ1n) is 5.88. The smallest absolute Gasteiger partial charge is 0.237 e. The van der Waals surface area contributed by atoms with Gasteiger partial charge in [0.25, 0.3) is 0 Å². The number of nitrogens with zero attached hydrogens (tertiary/aromatic N) is 1. The molecule has 1 atom stereocenters. The number of piperidine rings is 1. The third-order valence-corrected chi connectivity index (χ3v) is 5.40. The minimum atomic E-state index is -3.35. The number of carbonyl (C=O) groups excluding carboxylic acids is 2. The van der Waals surface area contributed by atoms with Gasteiger partial charge in [-0.15, -0.1) is 0 Å². The fourth-order valence-electron chi connectivity index (χ4n) is 1.67.